The van der Waals surface area contributed by atoms with Crippen LogP contribution in [0.5, 0.6) is 0 Å². The summed E-state index contributed by atoms with van der Waals surface area (Å²) in [6, 6.07) is 0.614. The van der Waals surface area contributed by atoms with Crippen molar-refractivity contribution < 1.29 is 0 Å². The van der Waals surface area contributed by atoms with Gasteiger partial charge in [0.05, 0.1) is 4.99 Å². The molecule has 0 radical (unpaired) electrons. The first kappa shape index (κ1) is 13.8. The van der Waals surface area contributed by atoms with E-state index in [1.54, 1.807) is 0 Å². The molecule has 2 nitrogen and oxygen atoms in total. The SMILES string of the molecule is CC(C)N(C)CCCC(C)(C)C(N)=S. The highest BCUT2D eigenvalue weighted by molar-refractivity contribution is 7.80. The molecule has 14 heavy (non-hydrogen) atoms. The molecule has 0 aliphatic heterocycles. The van der Waals surface area contributed by atoms with Gasteiger partial charge >= 0.3 is 0 Å². The molecule has 0 aliphatic carbocycles. The molecule has 0 saturated heterocycles. The summed E-state index contributed by atoms with van der Waals surface area (Å²) in [7, 11) is 2.15. The van der Waals surface area contributed by atoms with Crippen molar-refractivity contribution in [3.05, 3.63) is 0 Å². The van der Waals surface area contributed by atoms with Crippen LogP contribution in [0.3, 0.4) is 0 Å². The molecule has 0 heterocycles. The van der Waals surface area contributed by atoms with Gasteiger partial charge in [0, 0.05) is 11.5 Å². The van der Waals surface area contributed by atoms with Gasteiger partial charge < -0.3 is 10.6 Å². The summed E-state index contributed by atoms with van der Waals surface area (Å²) in [5, 5.41) is 0. The molecular formula is C11H24N2S. The molecule has 0 amide bonds. The number of thiocarbonyl (C=S) groups is 1. The highest BCUT2D eigenvalue weighted by atomic mass is 32.1. The average molecular weight is 216 g/mol. The molecule has 0 unspecified atom stereocenters. The lowest BCUT2D eigenvalue weighted by Crippen LogP contribution is -2.32. The molecule has 0 aliphatic rings. The van der Waals surface area contributed by atoms with Crippen molar-refractivity contribution in [3.8, 4) is 0 Å². The Kier molecular flexibility index (Phi) is 5.60. The average Bonchev–Trinajstić information content (AvgIpc) is 2.03. The molecule has 0 bridgehead atoms. The molecule has 0 aromatic rings. The van der Waals surface area contributed by atoms with Gasteiger partial charge in [0.25, 0.3) is 0 Å². The van der Waals surface area contributed by atoms with Crippen LogP contribution in [0, 0.1) is 5.41 Å². The Hall–Kier alpha value is -0.150. The summed E-state index contributed by atoms with van der Waals surface area (Å²) in [6.45, 7) is 9.76. The number of nitrogens with zero attached hydrogens (tertiary/aromatic N) is 1. The fourth-order valence-corrected chi connectivity index (χ4v) is 1.25. The van der Waals surface area contributed by atoms with Gasteiger partial charge in [-0.3, -0.25) is 0 Å². The summed E-state index contributed by atoms with van der Waals surface area (Å²) >= 11 is 5.03. The van der Waals surface area contributed by atoms with Gasteiger partial charge in [-0.15, -0.1) is 0 Å². The fraction of sp³-hybridized carbons (Fsp3) is 0.909. The molecule has 2 N–H and O–H groups in total. The monoisotopic (exact) mass is 216 g/mol. The zero-order valence-electron chi connectivity index (χ0n) is 10.1. The number of rotatable bonds is 6. The Bertz CT molecular complexity index is 188. The van der Waals surface area contributed by atoms with Crippen LogP contribution in [0.2, 0.25) is 0 Å². The zero-order chi connectivity index (χ0) is 11.4. The summed E-state index contributed by atoms with van der Waals surface area (Å²) < 4.78 is 0. The van der Waals surface area contributed by atoms with Gasteiger partial charge in [-0.05, 0) is 40.3 Å². The third kappa shape index (κ3) is 4.91. The molecular weight excluding hydrogens is 192 g/mol. The largest absolute Gasteiger partial charge is 0.393 e. The van der Waals surface area contributed by atoms with Crippen LogP contribution in [-0.4, -0.2) is 29.5 Å². The Morgan fingerprint density at radius 3 is 2.29 bits per heavy atom. The maximum atomic E-state index is 5.66. The van der Waals surface area contributed by atoms with Crippen molar-refractivity contribution in [1.29, 1.82) is 0 Å². The third-order valence-electron chi connectivity index (χ3n) is 2.86. The van der Waals surface area contributed by atoms with E-state index >= 15 is 0 Å². The fourth-order valence-electron chi connectivity index (χ4n) is 1.15. The van der Waals surface area contributed by atoms with E-state index in [4.69, 9.17) is 18.0 Å². The highest BCUT2D eigenvalue weighted by Gasteiger charge is 2.20. The van der Waals surface area contributed by atoms with Crippen molar-refractivity contribution in [2.75, 3.05) is 13.6 Å². The number of hydrogen-bond acceptors (Lipinski definition) is 2. The van der Waals surface area contributed by atoms with Crippen molar-refractivity contribution in [2.45, 2.75) is 46.6 Å². The minimum Gasteiger partial charge on any atom is -0.393 e. The molecule has 0 fully saturated rings. The standard InChI is InChI=1S/C11H24N2S/c1-9(2)13(5)8-6-7-11(3,4)10(12)14/h9H,6-8H2,1-5H3,(H2,12,14). The van der Waals surface area contributed by atoms with E-state index in [1.165, 1.54) is 0 Å². The third-order valence-corrected chi connectivity index (χ3v) is 3.41. The maximum absolute atomic E-state index is 5.66. The normalized spacial score (nSPS) is 12.5. The lowest BCUT2D eigenvalue weighted by Gasteiger charge is -2.26. The second-order valence-electron chi connectivity index (χ2n) is 4.93. The van der Waals surface area contributed by atoms with Crippen molar-refractivity contribution in [2.24, 2.45) is 11.1 Å². The van der Waals surface area contributed by atoms with E-state index in [-0.39, 0.29) is 5.41 Å². The smallest absolute Gasteiger partial charge is 0.0784 e. The van der Waals surface area contributed by atoms with Crippen LogP contribution in [0.1, 0.15) is 40.5 Å². The van der Waals surface area contributed by atoms with E-state index < -0.39 is 0 Å². The van der Waals surface area contributed by atoms with Crippen LogP contribution in [-0.2, 0) is 0 Å². The van der Waals surface area contributed by atoms with Gasteiger partial charge in [-0.2, -0.15) is 0 Å². The Morgan fingerprint density at radius 2 is 1.93 bits per heavy atom. The first-order chi connectivity index (χ1) is 6.27. The van der Waals surface area contributed by atoms with E-state index in [9.17, 15) is 0 Å². The molecule has 84 valence electrons. The summed E-state index contributed by atoms with van der Waals surface area (Å²) in [5.41, 5.74) is 5.67. The number of nitrogens with two attached hydrogens (primary N) is 1. The maximum Gasteiger partial charge on any atom is 0.0784 e. The Labute approximate surface area is 93.8 Å². The summed E-state index contributed by atoms with van der Waals surface area (Å²) in [6.07, 6.45) is 2.22. The summed E-state index contributed by atoms with van der Waals surface area (Å²) in [5.74, 6) is 0. The zero-order valence-corrected chi connectivity index (χ0v) is 10.9. The van der Waals surface area contributed by atoms with Crippen LogP contribution in [0.15, 0.2) is 0 Å². The second kappa shape index (κ2) is 5.66. The molecule has 0 spiro atoms. The lowest BCUT2D eigenvalue weighted by molar-refractivity contribution is 0.258. The second-order valence-corrected chi connectivity index (χ2v) is 5.37. The lowest BCUT2D eigenvalue weighted by atomic mass is 9.88. The van der Waals surface area contributed by atoms with Crippen LogP contribution < -0.4 is 5.73 Å². The summed E-state index contributed by atoms with van der Waals surface area (Å²) in [4.78, 5) is 2.97. The van der Waals surface area contributed by atoms with Gasteiger partial charge in [0.15, 0.2) is 0 Å². The van der Waals surface area contributed by atoms with Crippen LogP contribution in [0.25, 0.3) is 0 Å². The van der Waals surface area contributed by atoms with Crippen molar-refractivity contribution in [1.82, 2.24) is 4.90 Å². The minimum absolute atomic E-state index is 0.00710. The molecule has 0 rings (SSSR count). The molecule has 0 atom stereocenters. The highest BCUT2D eigenvalue weighted by Crippen LogP contribution is 2.22. The Morgan fingerprint density at radius 1 is 1.43 bits per heavy atom. The van der Waals surface area contributed by atoms with Crippen LogP contribution >= 0.6 is 12.2 Å². The van der Waals surface area contributed by atoms with E-state index in [0.717, 1.165) is 19.4 Å². The van der Waals surface area contributed by atoms with E-state index in [2.05, 4.69) is 39.6 Å². The minimum atomic E-state index is 0.00710. The van der Waals surface area contributed by atoms with E-state index in [1.807, 2.05) is 0 Å². The quantitative estimate of drug-likeness (QED) is 0.691. The topological polar surface area (TPSA) is 29.3 Å². The van der Waals surface area contributed by atoms with E-state index in [0.29, 0.717) is 11.0 Å². The Balaban J connectivity index is 3.79. The molecule has 3 heteroatoms. The van der Waals surface area contributed by atoms with Gasteiger partial charge in [-0.1, -0.05) is 26.1 Å². The first-order valence-electron chi connectivity index (χ1n) is 5.27. The predicted octanol–water partition coefficient (Wildman–Crippen LogP) is 2.42. The van der Waals surface area contributed by atoms with Gasteiger partial charge in [-0.25, -0.2) is 0 Å². The molecule has 0 aromatic carbocycles. The van der Waals surface area contributed by atoms with Crippen molar-refractivity contribution >= 4 is 17.2 Å². The predicted molar refractivity (Wildman–Crippen MR) is 67.6 cm³/mol. The molecule has 0 saturated carbocycles. The van der Waals surface area contributed by atoms with Crippen LogP contribution in [0.4, 0.5) is 0 Å². The molecule has 0 aromatic heterocycles. The number of hydrogen-bond donors (Lipinski definition) is 1. The van der Waals surface area contributed by atoms with Gasteiger partial charge in [0.1, 0.15) is 0 Å². The van der Waals surface area contributed by atoms with Gasteiger partial charge in [0.2, 0.25) is 0 Å². The first-order valence-corrected chi connectivity index (χ1v) is 5.68. The van der Waals surface area contributed by atoms with Crippen molar-refractivity contribution in [3.63, 3.8) is 0 Å².